The summed E-state index contributed by atoms with van der Waals surface area (Å²) in [7, 11) is 3.09. The van der Waals surface area contributed by atoms with Crippen LogP contribution >= 0.6 is 0 Å². The summed E-state index contributed by atoms with van der Waals surface area (Å²) in [5, 5.41) is 0. The highest BCUT2D eigenvalue weighted by molar-refractivity contribution is 6.05. The van der Waals surface area contributed by atoms with Crippen molar-refractivity contribution in [2.24, 2.45) is 5.41 Å². The van der Waals surface area contributed by atoms with E-state index in [0.717, 1.165) is 5.56 Å². The monoisotopic (exact) mass is 322 g/mol. The Labute approximate surface area is 135 Å². The first-order valence-electron chi connectivity index (χ1n) is 7.61. The number of carbonyl (C=O) groups is 2. The molecule has 0 spiro atoms. The molecule has 6 nitrogen and oxygen atoms in total. The number of esters is 2. The van der Waals surface area contributed by atoms with Gasteiger partial charge >= 0.3 is 11.9 Å². The van der Waals surface area contributed by atoms with Crippen LogP contribution in [0.15, 0.2) is 18.2 Å². The Bertz CT molecular complexity index is 577. The van der Waals surface area contributed by atoms with E-state index in [9.17, 15) is 9.59 Å². The van der Waals surface area contributed by atoms with Crippen molar-refractivity contribution in [3.8, 4) is 11.5 Å². The number of hydrogen-bond donors (Lipinski definition) is 0. The molecule has 1 aliphatic rings. The molecule has 1 saturated carbocycles. The molecule has 1 fully saturated rings. The van der Waals surface area contributed by atoms with E-state index in [1.54, 1.807) is 40.2 Å². The van der Waals surface area contributed by atoms with E-state index < -0.39 is 17.4 Å². The molecule has 1 aliphatic carbocycles. The van der Waals surface area contributed by atoms with E-state index in [1.165, 1.54) is 0 Å². The molecule has 23 heavy (non-hydrogen) atoms. The molecule has 0 heterocycles. The van der Waals surface area contributed by atoms with Gasteiger partial charge in [-0.2, -0.15) is 0 Å². The van der Waals surface area contributed by atoms with Crippen LogP contribution in [0.25, 0.3) is 0 Å². The van der Waals surface area contributed by atoms with Gasteiger partial charge in [0.15, 0.2) is 16.9 Å². The van der Waals surface area contributed by atoms with Crippen LogP contribution in [-0.2, 0) is 19.1 Å². The molecule has 1 aromatic carbocycles. The zero-order valence-electron chi connectivity index (χ0n) is 13.9. The van der Waals surface area contributed by atoms with Crippen LogP contribution in [0.1, 0.15) is 31.7 Å². The standard InChI is InChI=1S/C17H22O6/c1-5-22-15(18)17(16(19)23-6-2)10-12(17)11-7-8-13(20-3)14(9-11)21-4/h7-9,12H,5-6,10H2,1-4H3. The van der Waals surface area contributed by atoms with Gasteiger partial charge in [0.2, 0.25) is 0 Å². The van der Waals surface area contributed by atoms with E-state index in [1.807, 2.05) is 6.07 Å². The largest absolute Gasteiger partial charge is 0.493 e. The lowest BCUT2D eigenvalue weighted by atomic mass is 9.98. The third kappa shape index (κ3) is 2.98. The number of benzene rings is 1. The molecule has 2 rings (SSSR count). The molecule has 0 aromatic heterocycles. The lowest BCUT2D eigenvalue weighted by Crippen LogP contribution is -2.31. The molecule has 0 saturated heterocycles. The van der Waals surface area contributed by atoms with Crippen LogP contribution in [0.2, 0.25) is 0 Å². The molecule has 1 atom stereocenters. The van der Waals surface area contributed by atoms with Crippen molar-refractivity contribution in [1.82, 2.24) is 0 Å². The predicted molar refractivity (Wildman–Crippen MR) is 82.6 cm³/mol. The number of methoxy groups -OCH3 is 2. The van der Waals surface area contributed by atoms with Gasteiger partial charge in [0.1, 0.15) is 0 Å². The highest BCUT2D eigenvalue weighted by Crippen LogP contribution is 2.61. The lowest BCUT2D eigenvalue weighted by Gasteiger charge is -2.15. The first kappa shape index (κ1) is 17.1. The third-order valence-corrected chi connectivity index (χ3v) is 4.05. The van der Waals surface area contributed by atoms with Gasteiger partial charge in [-0.15, -0.1) is 0 Å². The van der Waals surface area contributed by atoms with E-state index in [0.29, 0.717) is 17.9 Å². The summed E-state index contributed by atoms with van der Waals surface area (Å²) >= 11 is 0. The van der Waals surface area contributed by atoms with Crippen LogP contribution in [0, 0.1) is 5.41 Å². The molecule has 1 aromatic rings. The second kappa shape index (κ2) is 6.89. The molecule has 6 heteroatoms. The van der Waals surface area contributed by atoms with E-state index >= 15 is 0 Å². The molecule has 1 unspecified atom stereocenters. The number of ether oxygens (including phenoxy) is 4. The van der Waals surface area contributed by atoms with Crippen molar-refractivity contribution in [1.29, 1.82) is 0 Å². The normalized spacial score (nSPS) is 18.0. The minimum atomic E-state index is -1.24. The van der Waals surface area contributed by atoms with Crippen molar-refractivity contribution in [2.45, 2.75) is 26.2 Å². The van der Waals surface area contributed by atoms with Gasteiger partial charge in [-0.05, 0) is 38.0 Å². The number of carbonyl (C=O) groups excluding carboxylic acids is 2. The molecule has 0 amide bonds. The van der Waals surface area contributed by atoms with Crippen molar-refractivity contribution in [2.75, 3.05) is 27.4 Å². The Balaban J connectivity index is 2.33. The highest BCUT2D eigenvalue weighted by atomic mass is 16.6. The van der Waals surface area contributed by atoms with E-state index in [4.69, 9.17) is 18.9 Å². The third-order valence-electron chi connectivity index (χ3n) is 4.05. The van der Waals surface area contributed by atoms with Crippen molar-refractivity contribution >= 4 is 11.9 Å². The molecule has 0 N–H and O–H groups in total. The first-order chi connectivity index (χ1) is 11.0. The van der Waals surface area contributed by atoms with E-state index in [-0.39, 0.29) is 19.1 Å². The summed E-state index contributed by atoms with van der Waals surface area (Å²) in [4.78, 5) is 24.7. The quantitative estimate of drug-likeness (QED) is 0.567. The second-order valence-electron chi connectivity index (χ2n) is 5.28. The van der Waals surface area contributed by atoms with Gasteiger partial charge in [-0.3, -0.25) is 9.59 Å². The van der Waals surface area contributed by atoms with Crippen LogP contribution in [-0.4, -0.2) is 39.4 Å². The summed E-state index contributed by atoms with van der Waals surface area (Å²) in [6.45, 7) is 3.87. The fourth-order valence-corrected chi connectivity index (χ4v) is 2.79. The van der Waals surface area contributed by atoms with Crippen molar-refractivity contribution in [3.05, 3.63) is 23.8 Å². The molecule has 0 bridgehead atoms. The van der Waals surface area contributed by atoms with Gasteiger partial charge in [0.25, 0.3) is 0 Å². The number of hydrogen-bond acceptors (Lipinski definition) is 6. The Morgan fingerprint density at radius 1 is 1.04 bits per heavy atom. The second-order valence-corrected chi connectivity index (χ2v) is 5.28. The summed E-state index contributed by atoms with van der Waals surface area (Å²) in [6.07, 6.45) is 0.375. The van der Waals surface area contributed by atoms with Gasteiger partial charge in [-0.1, -0.05) is 6.07 Å². The SMILES string of the molecule is CCOC(=O)C1(C(=O)OCC)CC1c1ccc(OC)c(OC)c1. The van der Waals surface area contributed by atoms with E-state index in [2.05, 4.69) is 0 Å². The maximum atomic E-state index is 12.3. The van der Waals surface area contributed by atoms with Crippen molar-refractivity contribution in [3.63, 3.8) is 0 Å². The maximum Gasteiger partial charge on any atom is 0.324 e. The van der Waals surface area contributed by atoms with Gasteiger partial charge < -0.3 is 18.9 Å². The fraction of sp³-hybridized carbons (Fsp3) is 0.529. The smallest absolute Gasteiger partial charge is 0.324 e. The molecular weight excluding hydrogens is 300 g/mol. The van der Waals surface area contributed by atoms with Gasteiger partial charge in [0.05, 0.1) is 27.4 Å². The fourth-order valence-electron chi connectivity index (χ4n) is 2.79. The predicted octanol–water partition coefficient (Wildman–Crippen LogP) is 2.30. The summed E-state index contributed by atoms with van der Waals surface area (Å²) in [6, 6.07) is 5.36. The van der Waals surface area contributed by atoms with Crippen LogP contribution in [0.5, 0.6) is 11.5 Å². The minimum absolute atomic E-state index is 0.221. The Kier molecular flexibility index (Phi) is 5.13. The Morgan fingerprint density at radius 3 is 2.09 bits per heavy atom. The minimum Gasteiger partial charge on any atom is -0.493 e. The van der Waals surface area contributed by atoms with Gasteiger partial charge in [0, 0.05) is 5.92 Å². The van der Waals surface area contributed by atoms with Crippen LogP contribution < -0.4 is 9.47 Å². The zero-order chi connectivity index (χ0) is 17.0. The summed E-state index contributed by atoms with van der Waals surface area (Å²) < 4.78 is 20.7. The lowest BCUT2D eigenvalue weighted by molar-refractivity contribution is -0.164. The molecule has 126 valence electrons. The average Bonchev–Trinajstić information content (AvgIpc) is 3.31. The van der Waals surface area contributed by atoms with Crippen LogP contribution in [0.3, 0.4) is 0 Å². The highest BCUT2D eigenvalue weighted by Gasteiger charge is 2.68. The number of rotatable bonds is 7. The molecule has 0 radical (unpaired) electrons. The maximum absolute atomic E-state index is 12.3. The molecular formula is C17H22O6. The van der Waals surface area contributed by atoms with Crippen LogP contribution in [0.4, 0.5) is 0 Å². The zero-order valence-corrected chi connectivity index (χ0v) is 13.9. The Hall–Kier alpha value is -2.24. The first-order valence-corrected chi connectivity index (χ1v) is 7.61. The topological polar surface area (TPSA) is 71.1 Å². The average molecular weight is 322 g/mol. The molecule has 0 aliphatic heterocycles. The van der Waals surface area contributed by atoms with Gasteiger partial charge in [-0.25, -0.2) is 0 Å². The summed E-state index contributed by atoms with van der Waals surface area (Å²) in [5.74, 6) is -0.190. The summed E-state index contributed by atoms with van der Waals surface area (Å²) in [5.41, 5.74) is -0.422. The van der Waals surface area contributed by atoms with Crippen molar-refractivity contribution < 1.29 is 28.5 Å². The Morgan fingerprint density at radius 2 is 1.61 bits per heavy atom.